The van der Waals surface area contributed by atoms with Gasteiger partial charge in [0, 0.05) is 11.1 Å². The van der Waals surface area contributed by atoms with Crippen LogP contribution in [0.3, 0.4) is 0 Å². The number of benzene rings is 1. The van der Waals surface area contributed by atoms with Gasteiger partial charge in [0.2, 0.25) is 5.91 Å². The number of nitrogens with two attached hydrogens (primary N) is 2. The van der Waals surface area contributed by atoms with Gasteiger partial charge in [0.05, 0.1) is 18.1 Å². The molecule has 5 N–H and O–H groups in total. The smallest absolute Gasteiger partial charge is 0.251 e. The van der Waals surface area contributed by atoms with Crippen molar-refractivity contribution in [3.63, 3.8) is 0 Å². The molecular formula is C16H19N5O2. The van der Waals surface area contributed by atoms with Gasteiger partial charge in [0.1, 0.15) is 11.9 Å². The number of rotatable bonds is 5. The first kappa shape index (κ1) is 16.4. The molecule has 0 saturated heterocycles. The molecule has 23 heavy (non-hydrogen) atoms. The van der Waals surface area contributed by atoms with Crippen LogP contribution in [-0.2, 0) is 4.79 Å². The molecule has 2 rings (SSSR count). The van der Waals surface area contributed by atoms with Crippen LogP contribution in [0, 0.1) is 5.92 Å². The molecule has 0 fully saturated rings. The summed E-state index contributed by atoms with van der Waals surface area (Å²) in [5.74, 6) is -0.670. The minimum Gasteiger partial charge on any atom is -0.382 e. The summed E-state index contributed by atoms with van der Waals surface area (Å²) in [7, 11) is 0. The van der Waals surface area contributed by atoms with Gasteiger partial charge in [0.15, 0.2) is 0 Å². The van der Waals surface area contributed by atoms with Gasteiger partial charge in [-0.3, -0.25) is 14.6 Å². The molecule has 0 radical (unpaired) electrons. The molecule has 2 aromatic rings. The molecule has 1 aromatic carbocycles. The second-order valence-corrected chi connectivity index (χ2v) is 5.50. The van der Waals surface area contributed by atoms with E-state index in [0.717, 1.165) is 5.56 Å². The predicted molar refractivity (Wildman–Crippen MR) is 87.2 cm³/mol. The predicted octanol–water partition coefficient (Wildman–Crippen LogP) is 0.966. The average molecular weight is 313 g/mol. The van der Waals surface area contributed by atoms with Crippen molar-refractivity contribution >= 4 is 17.6 Å². The van der Waals surface area contributed by atoms with Crippen LogP contribution in [0.4, 0.5) is 5.82 Å². The fourth-order valence-electron chi connectivity index (χ4n) is 2.10. The van der Waals surface area contributed by atoms with Crippen LogP contribution in [0.1, 0.15) is 24.2 Å². The number of nitrogen functional groups attached to an aromatic ring is 1. The summed E-state index contributed by atoms with van der Waals surface area (Å²) in [6.07, 6.45) is 3.05. The van der Waals surface area contributed by atoms with Crippen LogP contribution in [0.25, 0.3) is 11.3 Å². The van der Waals surface area contributed by atoms with Crippen molar-refractivity contribution in [2.24, 2.45) is 11.7 Å². The first-order valence-electron chi connectivity index (χ1n) is 7.16. The third kappa shape index (κ3) is 4.03. The Morgan fingerprint density at radius 1 is 1.13 bits per heavy atom. The number of primary amides is 1. The van der Waals surface area contributed by atoms with Crippen LogP contribution < -0.4 is 16.8 Å². The molecule has 120 valence electrons. The van der Waals surface area contributed by atoms with Gasteiger partial charge >= 0.3 is 0 Å². The lowest BCUT2D eigenvalue weighted by Gasteiger charge is -2.18. The van der Waals surface area contributed by atoms with Crippen molar-refractivity contribution in [1.82, 2.24) is 15.3 Å². The number of nitrogens with one attached hydrogen (secondary N) is 1. The van der Waals surface area contributed by atoms with Crippen LogP contribution in [0.5, 0.6) is 0 Å². The number of carbonyl (C=O) groups excluding carboxylic acids is 2. The highest BCUT2D eigenvalue weighted by Gasteiger charge is 2.22. The molecule has 0 unspecified atom stereocenters. The molecular weight excluding hydrogens is 294 g/mol. The second kappa shape index (κ2) is 6.87. The van der Waals surface area contributed by atoms with E-state index in [1.54, 1.807) is 30.5 Å². The van der Waals surface area contributed by atoms with Crippen LogP contribution in [0.2, 0.25) is 0 Å². The third-order valence-corrected chi connectivity index (χ3v) is 3.36. The highest BCUT2D eigenvalue weighted by atomic mass is 16.2. The van der Waals surface area contributed by atoms with E-state index in [2.05, 4.69) is 15.3 Å². The van der Waals surface area contributed by atoms with Gasteiger partial charge in [-0.05, 0) is 18.1 Å². The largest absolute Gasteiger partial charge is 0.382 e. The van der Waals surface area contributed by atoms with Crippen molar-refractivity contribution < 1.29 is 9.59 Å². The lowest BCUT2D eigenvalue weighted by atomic mass is 10.0. The lowest BCUT2D eigenvalue weighted by Crippen LogP contribution is -2.47. The fourth-order valence-corrected chi connectivity index (χ4v) is 2.10. The van der Waals surface area contributed by atoms with Crippen LogP contribution in [-0.4, -0.2) is 27.8 Å². The zero-order chi connectivity index (χ0) is 17.0. The second-order valence-electron chi connectivity index (χ2n) is 5.50. The van der Waals surface area contributed by atoms with Crippen molar-refractivity contribution in [3.05, 3.63) is 42.2 Å². The molecule has 0 aliphatic carbocycles. The number of carbonyl (C=O) groups is 2. The molecule has 1 atom stereocenters. The molecule has 0 saturated carbocycles. The minimum absolute atomic E-state index is 0.0849. The zero-order valence-corrected chi connectivity index (χ0v) is 13.0. The highest BCUT2D eigenvalue weighted by molar-refractivity contribution is 5.97. The van der Waals surface area contributed by atoms with Crippen molar-refractivity contribution in [1.29, 1.82) is 0 Å². The van der Waals surface area contributed by atoms with E-state index in [1.807, 2.05) is 13.8 Å². The lowest BCUT2D eigenvalue weighted by molar-refractivity contribution is -0.120. The normalized spacial score (nSPS) is 12.0. The maximum Gasteiger partial charge on any atom is 0.251 e. The number of hydrogen-bond acceptors (Lipinski definition) is 5. The Balaban J connectivity index is 2.16. The Morgan fingerprint density at radius 2 is 1.78 bits per heavy atom. The summed E-state index contributed by atoms with van der Waals surface area (Å²) in [4.78, 5) is 31.7. The van der Waals surface area contributed by atoms with Gasteiger partial charge in [-0.15, -0.1) is 0 Å². The molecule has 1 heterocycles. The van der Waals surface area contributed by atoms with E-state index in [-0.39, 0.29) is 11.8 Å². The standard InChI is InChI=1S/C16H19N5O2/c1-9(2)14(15(18)22)21-16(23)11-5-3-10(4-6-11)12-7-19-8-13(17)20-12/h3-9,14H,1-2H3,(H2,17,20)(H2,18,22)(H,21,23)/t14-/m0/s1. The summed E-state index contributed by atoms with van der Waals surface area (Å²) in [5, 5.41) is 2.64. The number of anilines is 1. The number of amides is 2. The van der Waals surface area contributed by atoms with E-state index in [9.17, 15) is 9.59 Å². The van der Waals surface area contributed by atoms with Gasteiger partial charge in [-0.1, -0.05) is 26.0 Å². The van der Waals surface area contributed by atoms with Crippen molar-refractivity contribution in [2.75, 3.05) is 5.73 Å². The Kier molecular flexibility index (Phi) is 4.90. The van der Waals surface area contributed by atoms with E-state index >= 15 is 0 Å². The number of hydrogen-bond donors (Lipinski definition) is 3. The quantitative estimate of drug-likeness (QED) is 0.758. The summed E-state index contributed by atoms with van der Waals surface area (Å²) in [6.45, 7) is 3.63. The van der Waals surface area contributed by atoms with E-state index in [1.165, 1.54) is 6.20 Å². The molecule has 2 amide bonds. The molecule has 0 aliphatic rings. The van der Waals surface area contributed by atoms with E-state index in [4.69, 9.17) is 11.5 Å². The molecule has 0 aliphatic heterocycles. The van der Waals surface area contributed by atoms with Crippen LogP contribution >= 0.6 is 0 Å². The Bertz CT molecular complexity index is 713. The molecule has 7 heteroatoms. The number of aromatic nitrogens is 2. The summed E-state index contributed by atoms with van der Waals surface area (Å²) in [5.41, 5.74) is 12.7. The van der Waals surface area contributed by atoms with E-state index in [0.29, 0.717) is 17.1 Å². The van der Waals surface area contributed by atoms with Gasteiger partial charge < -0.3 is 16.8 Å². The summed E-state index contributed by atoms with van der Waals surface area (Å²) < 4.78 is 0. The van der Waals surface area contributed by atoms with E-state index < -0.39 is 11.9 Å². The Hall–Kier alpha value is -2.96. The molecule has 0 bridgehead atoms. The Morgan fingerprint density at radius 3 is 2.30 bits per heavy atom. The van der Waals surface area contributed by atoms with Gasteiger partial charge in [-0.25, -0.2) is 4.98 Å². The highest BCUT2D eigenvalue weighted by Crippen LogP contribution is 2.17. The van der Waals surface area contributed by atoms with Gasteiger partial charge in [-0.2, -0.15) is 0 Å². The van der Waals surface area contributed by atoms with Crippen LogP contribution in [0.15, 0.2) is 36.7 Å². The zero-order valence-electron chi connectivity index (χ0n) is 13.0. The molecule has 1 aromatic heterocycles. The maximum atomic E-state index is 12.2. The topological polar surface area (TPSA) is 124 Å². The SMILES string of the molecule is CC(C)[C@H](NC(=O)c1ccc(-c2cncc(N)n2)cc1)C(N)=O. The fraction of sp³-hybridized carbons (Fsp3) is 0.250. The van der Waals surface area contributed by atoms with Crippen molar-refractivity contribution in [3.8, 4) is 11.3 Å². The maximum absolute atomic E-state index is 12.2. The first-order chi connectivity index (χ1) is 10.9. The molecule has 7 nitrogen and oxygen atoms in total. The summed E-state index contributed by atoms with van der Waals surface area (Å²) >= 11 is 0. The first-order valence-corrected chi connectivity index (χ1v) is 7.16. The monoisotopic (exact) mass is 313 g/mol. The van der Waals surface area contributed by atoms with Crippen molar-refractivity contribution in [2.45, 2.75) is 19.9 Å². The molecule has 0 spiro atoms. The summed E-state index contributed by atoms with van der Waals surface area (Å²) in [6, 6.07) is 6.07. The average Bonchev–Trinajstić information content (AvgIpc) is 2.52. The number of nitrogens with zero attached hydrogens (tertiary/aromatic N) is 2. The van der Waals surface area contributed by atoms with Gasteiger partial charge in [0.25, 0.3) is 5.91 Å². The third-order valence-electron chi connectivity index (χ3n) is 3.36. The minimum atomic E-state index is -0.707. The Labute approximate surface area is 134 Å².